The second-order valence-corrected chi connectivity index (χ2v) is 4.71. The number of anilines is 1. The van der Waals surface area contributed by atoms with Gasteiger partial charge in [0, 0.05) is 0 Å². The molecule has 1 rings (SSSR count). The van der Waals surface area contributed by atoms with E-state index >= 15 is 0 Å². The Balaban J connectivity index is 3.24. The van der Waals surface area contributed by atoms with Gasteiger partial charge in [-0.2, -0.15) is 5.10 Å². The van der Waals surface area contributed by atoms with Gasteiger partial charge in [0.15, 0.2) is 0 Å². The van der Waals surface area contributed by atoms with Gasteiger partial charge >= 0.3 is 0 Å². The number of terminal acetylenes is 1. The van der Waals surface area contributed by atoms with Crippen LogP contribution in [0.25, 0.3) is 0 Å². The number of nitrogens with one attached hydrogen (secondary N) is 1. The molecule has 0 saturated carbocycles. The SMILES string of the molecule is C#CCn1ncc(Cl)c(NC(CC)(CC)CO)c1=O. The number of rotatable bonds is 6. The fourth-order valence-electron chi connectivity index (χ4n) is 1.74. The molecule has 0 saturated heterocycles. The zero-order valence-electron chi connectivity index (χ0n) is 11.1. The first kappa shape index (κ1) is 15.5. The van der Waals surface area contributed by atoms with Gasteiger partial charge in [-0.1, -0.05) is 31.4 Å². The van der Waals surface area contributed by atoms with Gasteiger partial charge in [-0.25, -0.2) is 4.68 Å². The van der Waals surface area contributed by atoms with Crippen LogP contribution in [-0.4, -0.2) is 27.0 Å². The van der Waals surface area contributed by atoms with Crippen LogP contribution < -0.4 is 10.9 Å². The van der Waals surface area contributed by atoms with Crippen molar-refractivity contribution in [1.82, 2.24) is 9.78 Å². The van der Waals surface area contributed by atoms with E-state index in [1.165, 1.54) is 6.20 Å². The number of aromatic nitrogens is 2. The molecule has 0 aliphatic heterocycles. The highest BCUT2D eigenvalue weighted by Gasteiger charge is 2.27. The van der Waals surface area contributed by atoms with E-state index in [2.05, 4.69) is 16.3 Å². The van der Waals surface area contributed by atoms with Crippen molar-refractivity contribution in [2.24, 2.45) is 0 Å². The monoisotopic (exact) mass is 283 g/mol. The fraction of sp³-hybridized carbons (Fsp3) is 0.538. The van der Waals surface area contributed by atoms with Crippen molar-refractivity contribution in [1.29, 1.82) is 0 Å². The van der Waals surface area contributed by atoms with E-state index in [4.69, 9.17) is 18.0 Å². The first-order valence-electron chi connectivity index (χ1n) is 6.11. The standard InChI is InChI=1S/C13H18ClN3O2/c1-4-7-17-12(19)11(10(14)8-15-17)16-13(5-2,6-3)9-18/h1,8,16,18H,5-7,9H2,2-3H3. The van der Waals surface area contributed by atoms with Gasteiger partial charge < -0.3 is 10.4 Å². The van der Waals surface area contributed by atoms with Gasteiger partial charge in [-0.3, -0.25) is 4.79 Å². The molecular weight excluding hydrogens is 266 g/mol. The van der Waals surface area contributed by atoms with Crippen LogP contribution in [0.1, 0.15) is 26.7 Å². The Labute approximate surface area is 117 Å². The lowest BCUT2D eigenvalue weighted by Gasteiger charge is -2.31. The third kappa shape index (κ3) is 3.28. The fourth-order valence-corrected chi connectivity index (χ4v) is 1.91. The van der Waals surface area contributed by atoms with E-state index in [-0.39, 0.29) is 29.4 Å². The second kappa shape index (κ2) is 6.60. The lowest BCUT2D eigenvalue weighted by atomic mass is 9.93. The topological polar surface area (TPSA) is 67.2 Å². The Kier molecular flexibility index (Phi) is 5.40. The van der Waals surface area contributed by atoms with E-state index in [9.17, 15) is 9.90 Å². The Morgan fingerprint density at radius 1 is 1.58 bits per heavy atom. The molecule has 0 radical (unpaired) electrons. The summed E-state index contributed by atoms with van der Waals surface area (Å²) < 4.78 is 1.15. The van der Waals surface area contributed by atoms with Crippen LogP contribution in [0.4, 0.5) is 5.69 Å². The van der Waals surface area contributed by atoms with Crippen LogP contribution in [0.15, 0.2) is 11.0 Å². The van der Waals surface area contributed by atoms with E-state index in [0.29, 0.717) is 12.8 Å². The van der Waals surface area contributed by atoms with Gasteiger partial charge in [0.25, 0.3) is 5.56 Å². The number of hydrogen-bond acceptors (Lipinski definition) is 4. The van der Waals surface area contributed by atoms with Crippen molar-refractivity contribution >= 4 is 17.3 Å². The molecule has 0 aliphatic carbocycles. The van der Waals surface area contributed by atoms with Crippen molar-refractivity contribution in [3.63, 3.8) is 0 Å². The normalized spacial score (nSPS) is 11.1. The Bertz CT molecular complexity index is 521. The van der Waals surface area contributed by atoms with Gasteiger partial charge in [0.1, 0.15) is 12.2 Å². The summed E-state index contributed by atoms with van der Waals surface area (Å²) in [6, 6.07) is 0. The van der Waals surface area contributed by atoms with Gasteiger partial charge in [0.05, 0.1) is 23.4 Å². The van der Waals surface area contributed by atoms with Crippen molar-refractivity contribution in [2.45, 2.75) is 38.8 Å². The highest BCUT2D eigenvalue weighted by Crippen LogP contribution is 2.24. The van der Waals surface area contributed by atoms with Crippen LogP contribution in [0.5, 0.6) is 0 Å². The third-order valence-electron chi connectivity index (χ3n) is 3.29. The molecular formula is C13H18ClN3O2. The summed E-state index contributed by atoms with van der Waals surface area (Å²) in [5, 5.41) is 16.7. The number of nitrogens with zero attached hydrogens (tertiary/aromatic N) is 2. The maximum atomic E-state index is 12.2. The molecule has 0 unspecified atom stereocenters. The lowest BCUT2D eigenvalue weighted by molar-refractivity contribution is 0.202. The Hall–Kier alpha value is -1.51. The van der Waals surface area contributed by atoms with Gasteiger partial charge in [-0.05, 0) is 12.8 Å². The number of aliphatic hydroxyl groups excluding tert-OH is 1. The molecule has 6 heteroatoms. The van der Waals surface area contributed by atoms with Crippen LogP contribution >= 0.6 is 11.6 Å². The maximum Gasteiger partial charge on any atom is 0.292 e. The molecule has 0 fully saturated rings. The van der Waals surface area contributed by atoms with E-state index in [0.717, 1.165) is 4.68 Å². The van der Waals surface area contributed by atoms with Crippen LogP contribution in [-0.2, 0) is 6.54 Å². The molecule has 0 bridgehead atoms. The highest BCUT2D eigenvalue weighted by molar-refractivity contribution is 6.33. The van der Waals surface area contributed by atoms with Gasteiger partial charge in [0.2, 0.25) is 0 Å². The molecule has 0 atom stereocenters. The van der Waals surface area contributed by atoms with E-state index in [1.54, 1.807) is 0 Å². The van der Waals surface area contributed by atoms with Crippen LogP contribution in [0, 0.1) is 12.3 Å². The predicted octanol–water partition coefficient (Wildman–Crippen LogP) is 1.49. The summed E-state index contributed by atoms with van der Waals surface area (Å²) in [4.78, 5) is 12.2. The zero-order valence-corrected chi connectivity index (χ0v) is 11.9. The van der Waals surface area contributed by atoms with Crippen molar-refractivity contribution in [3.05, 3.63) is 21.6 Å². The number of halogens is 1. The average molecular weight is 284 g/mol. The zero-order chi connectivity index (χ0) is 14.5. The minimum atomic E-state index is -0.571. The summed E-state index contributed by atoms with van der Waals surface area (Å²) >= 11 is 6.01. The summed E-state index contributed by atoms with van der Waals surface area (Å²) in [6.45, 7) is 3.85. The Morgan fingerprint density at radius 2 is 2.21 bits per heavy atom. The Morgan fingerprint density at radius 3 is 2.68 bits per heavy atom. The predicted molar refractivity (Wildman–Crippen MR) is 76.4 cm³/mol. The molecule has 5 nitrogen and oxygen atoms in total. The first-order chi connectivity index (χ1) is 9.03. The largest absolute Gasteiger partial charge is 0.394 e. The molecule has 104 valence electrons. The minimum absolute atomic E-state index is 0.0784. The van der Waals surface area contributed by atoms with Crippen LogP contribution in [0.3, 0.4) is 0 Å². The van der Waals surface area contributed by atoms with E-state index < -0.39 is 5.54 Å². The quantitative estimate of drug-likeness (QED) is 0.777. The number of aliphatic hydroxyl groups is 1. The summed E-state index contributed by atoms with van der Waals surface area (Å²) in [5.41, 5.74) is -0.729. The summed E-state index contributed by atoms with van der Waals surface area (Å²) in [5.74, 6) is 2.36. The molecule has 0 amide bonds. The first-order valence-corrected chi connectivity index (χ1v) is 6.49. The molecule has 1 aromatic rings. The molecule has 19 heavy (non-hydrogen) atoms. The molecule has 2 N–H and O–H groups in total. The highest BCUT2D eigenvalue weighted by atomic mass is 35.5. The molecule has 0 aromatic carbocycles. The van der Waals surface area contributed by atoms with Crippen molar-refractivity contribution in [3.8, 4) is 12.3 Å². The summed E-state index contributed by atoms with van der Waals surface area (Å²) in [7, 11) is 0. The minimum Gasteiger partial charge on any atom is -0.394 e. The third-order valence-corrected chi connectivity index (χ3v) is 3.57. The molecule has 1 aromatic heterocycles. The average Bonchev–Trinajstić information content (AvgIpc) is 2.43. The molecule has 0 spiro atoms. The molecule has 1 heterocycles. The van der Waals surface area contributed by atoms with E-state index in [1.807, 2.05) is 13.8 Å². The number of hydrogen-bond donors (Lipinski definition) is 2. The molecule has 0 aliphatic rings. The maximum absolute atomic E-state index is 12.2. The van der Waals surface area contributed by atoms with Gasteiger partial charge in [-0.15, -0.1) is 6.42 Å². The van der Waals surface area contributed by atoms with Crippen LogP contribution in [0.2, 0.25) is 5.02 Å². The lowest BCUT2D eigenvalue weighted by Crippen LogP contribution is -2.43. The summed E-state index contributed by atoms with van der Waals surface area (Å²) in [6.07, 6.45) is 7.87. The smallest absolute Gasteiger partial charge is 0.292 e. The van der Waals surface area contributed by atoms with Crippen molar-refractivity contribution < 1.29 is 5.11 Å². The second-order valence-electron chi connectivity index (χ2n) is 4.30. The van der Waals surface area contributed by atoms with Crippen molar-refractivity contribution in [2.75, 3.05) is 11.9 Å².